The maximum absolute atomic E-state index is 12.5. The average Bonchev–Trinajstić information content (AvgIpc) is 2.42. The minimum Gasteiger partial charge on any atom is -0.368 e. The summed E-state index contributed by atoms with van der Waals surface area (Å²) in [5, 5.41) is 2.48. The molecule has 1 aromatic rings. The first-order valence-electron chi connectivity index (χ1n) is 6.97. The lowest BCUT2D eigenvalue weighted by Gasteiger charge is -2.14. The van der Waals surface area contributed by atoms with Crippen LogP contribution in [0.2, 0.25) is 0 Å². The van der Waals surface area contributed by atoms with Crippen molar-refractivity contribution in [1.29, 1.82) is 0 Å². The van der Waals surface area contributed by atoms with Gasteiger partial charge in [0, 0.05) is 0 Å². The van der Waals surface area contributed by atoms with Crippen molar-refractivity contribution in [2.24, 2.45) is 5.73 Å². The van der Waals surface area contributed by atoms with E-state index in [-0.39, 0.29) is 12.8 Å². The molecule has 1 rings (SSSR count). The number of nitrogens with two attached hydrogens (primary N) is 1. The van der Waals surface area contributed by atoms with E-state index in [4.69, 9.17) is 5.73 Å². The highest BCUT2D eigenvalue weighted by Gasteiger charge is 2.30. The molecular weight excluding hydrogens is 309 g/mol. The van der Waals surface area contributed by atoms with Crippen molar-refractivity contribution in [3.05, 3.63) is 47.0 Å². The number of nitrogens with one attached hydrogen (secondary N) is 1. The summed E-state index contributed by atoms with van der Waals surface area (Å²) >= 11 is 0. The predicted molar refractivity (Wildman–Crippen MR) is 80.3 cm³/mol. The molecule has 0 bridgehead atoms. The first kappa shape index (κ1) is 18.7. The molecule has 23 heavy (non-hydrogen) atoms. The van der Waals surface area contributed by atoms with Gasteiger partial charge in [0.25, 0.3) is 0 Å². The Hall–Kier alpha value is -2.31. The van der Waals surface area contributed by atoms with Crippen molar-refractivity contribution in [2.75, 3.05) is 0 Å². The third kappa shape index (κ3) is 6.54. The van der Waals surface area contributed by atoms with Gasteiger partial charge in [-0.2, -0.15) is 13.2 Å². The number of alkyl halides is 3. The SMILES string of the molecule is CC(C)=CC[C@H](NC(=O)Cc1ccc(C(F)(F)F)cc1)C(N)=O. The molecule has 0 fully saturated rings. The molecule has 0 aliphatic heterocycles. The zero-order chi connectivity index (χ0) is 17.6. The summed E-state index contributed by atoms with van der Waals surface area (Å²) in [5.74, 6) is -1.14. The van der Waals surface area contributed by atoms with E-state index < -0.39 is 29.6 Å². The summed E-state index contributed by atoms with van der Waals surface area (Å²) in [6.45, 7) is 3.70. The Bertz CT molecular complexity index is 588. The molecule has 126 valence electrons. The van der Waals surface area contributed by atoms with Crippen LogP contribution in [0.5, 0.6) is 0 Å². The molecule has 0 aliphatic rings. The van der Waals surface area contributed by atoms with E-state index in [0.717, 1.165) is 17.7 Å². The lowest BCUT2D eigenvalue weighted by atomic mass is 10.1. The quantitative estimate of drug-likeness (QED) is 0.788. The van der Waals surface area contributed by atoms with Gasteiger partial charge in [0.2, 0.25) is 11.8 Å². The highest BCUT2D eigenvalue weighted by molar-refractivity contribution is 5.87. The maximum Gasteiger partial charge on any atom is 0.416 e. The number of carbonyl (C=O) groups excluding carboxylic acids is 2. The fourth-order valence-corrected chi connectivity index (χ4v) is 1.84. The normalized spacial score (nSPS) is 12.4. The molecule has 0 aliphatic carbocycles. The molecule has 1 aromatic carbocycles. The number of primary amides is 1. The van der Waals surface area contributed by atoms with Crippen LogP contribution in [-0.4, -0.2) is 17.9 Å². The molecular formula is C16H19F3N2O2. The van der Waals surface area contributed by atoms with Crippen molar-refractivity contribution in [3.8, 4) is 0 Å². The first-order valence-corrected chi connectivity index (χ1v) is 6.97. The highest BCUT2D eigenvalue weighted by atomic mass is 19.4. The Kier molecular flexibility index (Phi) is 6.36. The average molecular weight is 328 g/mol. The molecule has 0 saturated carbocycles. The molecule has 3 N–H and O–H groups in total. The minimum absolute atomic E-state index is 0.128. The number of halogens is 3. The van der Waals surface area contributed by atoms with Crippen LogP contribution in [0.25, 0.3) is 0 Å². The second kappa shape index (κ2) is 7.80. The monoisotopic (exact) mass is 328 g/mol. The molecule has 2 amide bonds. The van der Waals surface area contributed by atoms with Crippen LogP contribution >= 0.6 is 0 Å². The number of carbonyl (C=O) groups is 2. The predicted octanol–water partition coefficient (Wildman–Crippen LogP) is 2.57. The van der Waals surface area contributed by atoms with Crippen molar-refractivity contribution >= 4 is 11.8 Å². The van der Waals surface area contributed by atoms with E-state index >= 15 is 0 Å². The van der Waals surface area contributed by atoms with Crippen molar-refractivity contribution in [1.82, 2.24) is 5.32 Å². The van der Waals surface area contributed by atoms with Gasteiger partial charge in [0.15, 0.2) is 0 Å². The lowest BCUT2D eigenvalue weighted by molar-refractivity contribution is -0.137. The highest BCUT2D eigenvalue weighted by Crippen LogP contribution is 2.29. The lowest BCUT2D eigenvalue weighted by Crippen LogP contribution is -2.44. The van der Waals surface area contributed by atoms with Gasteiger partial charge in [-0.15, -0.1) is 0 Å². The molecule has 0 spiro atoms. The van der Waals surface area contributed by atoms with Gasteiger partial charge >= 0.3 is 6.18 Å². The van der Waals surface area contributed by atoms with Crippen molar-refractivity contribution in [2.45, 2.75) is 38.9 Å². The second-order valence-electron chi connectivity index (χ2n) is 5.41. The van der Waals surface area contributed by atoms with E-state index in [1.807, 2.05) is 13.8 Å². The maximum atomic E-state index is 12.5. The van der Waals surface area contributed by atoms with Crippen LogP contribution in [0.1, 0.15) is 31.4 Å². The number of benzene rings is 1. The summed E-state index contributed by atoms with van der Waals surface area (Å²) in [5.41, 5.74) is 5.84. The van der Waals surface area contributed by atoms with Crippen LogP contribution in [0.4, 0.5) is 13.2 Å². The van der Waals surface area contributed by atoms with Crippen LogP contribution in [0.15, 0.2) is 35.9 Å². The van der Waals surface area contributed by atoms with E-state index in [0.29, 0.717) is 5.56 Å². The fraction of sp³-hybridized carbons (Fsp3) is 0.375. The van der Waals surface area contributed by atoms with E-state index in [1.54, 1.807) is 6.08 Å². The Labute approximate surface area is 132 Å². The largest absolute Gasteiger partial charge is 0.416 e. The molecule has 0 radical (unpaired) electrons. The van der Waals surface area contributed by atoms with E-state index in [9.17, 15) is 22.8 Å². The molecule has 7 heteroatoms. The molecule has 0 heterocycles. The molecule has 1 atom stereocenters. The standard InChI is InChI=1S/C16H19F3N2O2/c1-10(2)3-8-13(15(20)23)21-14(22)9-11-4-6-12(7-5-11)16(17,18)19/h3-7,13H,8-9H2,1-2H3,(H2,20,23)(H,21,22)/t13-/m0/s1. The van der Waals surface area contributed by atoms with Gasteiger partial charge in [-0.3, -0.25) is 9.59 Å². The Morgan fingerprint density at radius 1 is 1.22 bits per heavy atom. The first-order chi connectivity index (χ1) is 10.6. The smallest absolute Gasteiger partial charge is 0.368 e. The topological polar surface area (TPSA) is 72.2 Å². The van der Waals surface area contributed by atoms with Gasteiger partial charge in [0.1, 0.15) is 6.04 Å². The van der Waals surface area contributed by atoms with Crippen LogP contribution in [-0.2, 0) is 22.2 Å². The Balaban J connectivity index is 2.67. The van der Waals surface area contributed by atoms with Crippen molar-refractivity contribution < 1.29 is 22.8 Å². The summed E-state index contributed by atoms with van der Waals surface area (Å²) in [6.07, 6.45) is -2.50. The number of hydrogen-bond acceptors (Lipinski definition) is 2. The van der Waals surface area contributed by atoms with Gasteiger partial charge in [-0.25, -0.2) is 0 Å². The summed E-state index contributed by atoms with van der Waals surface area (Å²) in [4.78, 5) is 23.2. The molecule has 0 aromatic heterocycles. The Morgan fingerprint density at radius 2 is 1.78 bits per heavy atom. The van der Waals surface area contributed by atoms with E-state index in [2.05, 4.69) is 5.32 Å². The fourth-order valence-electron chi connectivity index (χ4n) is 1.84. The van der Waals surface area contributed by atoms with E-state index in [1.165, 1.54) is 12.1 Å². The van der Waals surface area contributed by atoms with Crippen LogP contribution in [0.3, 0.4) is 0 Å². The third-order valence-electron chi connectivity index (χ3n) is 3.09. The zero-order valence-electron chi connectivity index (χ0n) is 12.9. The molecule has 4 nitrogen and oxygen atoms in total. The van der Waals surface area contributed by atoms with Gasteiger partial charge < -0.3 is 11.1 Å². The van der Waals surface area contributed by atoms with Crippen LogP contribution in [0, 0.1) is 0 Å². The van der Waals surface area contributed by atoms with Gasteiger partial charge in [-0.1, -0.05) is 23.8 Å². The third-order valence-corrected chi connectivity index (χ3v) is 3.09. The number of rotatable bonds is 6. The second-order valence-corrected chi connectivity index (χ2v) is 5.41. The van der Waals surface area contributed by atoms with Gasteiger partial charge in [-0.05, 0) is 38.0 Å². The summed E-state index contributed by atoms with van der Waals surface area (Å²) < 4.78 is 37.4. The number of hydrogen-bond donors (Lipinski definition) is 2. The zero-order valence-corrected chi connectivity index (χ0v) is 12.9. The van der Waals surface area contributed by atoms with Gasteiger partial charge in [0.05, 0.1) is 12.0 Å². The Morgan fingerprint density at radius 3 is 2.22 bits per heavy atom. The number of amides is 2. The van der Waals surface area contributed by atoms with Crippen LogP contribution < -0.4 is 11.1 Å². The van der Waals surface area contributed by atoms with Crippen molar-refractivity contribution in [3.63, 3.8) is 0 Å². The summed E-state index contributed by atoms with van der Waals surface area (Å²) in [6, 6.07) is 3.46. The summed E-state index contributed by atoms with van der Waals surface area (Å²) in [7, 11) is 0. The number of allylic oxidation sites excluding steroid dienone is 1. The molecule has 0 saturated heterocycles. The molecule has 0 unspecified atom stereocenters. The minimum atomic E-state index is -4.41.